The van der Waals surface area contributed by atoms with Crippen LogP contribution in [0.1, 0.15) is 25.0 Å². The smallest absolute Gasteiger partial charge is 0.267 e. The van der Waals surface area contributed by atoms with Crippen molar-refractivity contribution in [3.8, 4) is 5.88 Å². The van der Waals surface area contributed by atoms with Crippen LogP contribution in [0.25, 0.3) is 0 Å². The van der Waals surface area contributed by atoms with E-state index < -0.39 is 0 Å². The van der Waals surface area contributed by atoms with E-state index in [1.165, 1.54) is 0 Å². The maximum absolute atomic E-state index is 11.1. The van der Waals surface area contributed by atoms with Gasteiger partial charge in [-0.2, -0.15) is 0 Å². The molecule has 0 saturated carbocycles. The third kappa shape index (κ3) is 1.50. The Morgan fingerprint density at radius 2 is 2.09 bits per heavy atom. The molecule has 0 amide bonds. The molecule has 1 rings (SSSR count). The Hall–Kier alpha value is -1.05. The van der Waals surface area contributed by atoms with Crippen molar-refractivity contribution in [2.24, 2.45) is 0 Å². The van der Waals surface area contributed by atoms with E-state index in [-0.39, 0.29) is 5.88 Å². The van der Waals surface area contributed by atoms with E-state index in [1.807, 2.05) is 19.9 Å². The minimum Gasteiger partial charge on any atom is -0.267 e. The molecule has 2 heteroatoms. The topological polar surface area (TPSA) is 32.8 Å². The van der Waals surface area contributed by atoms with Gasteiger partial charge in [0.15, 0.2) is 0 Å². The highest BCUT2D eigenvalue weighted by Gasteiger charge is 2.05. The number of rotatable bonds is 2. The van der Waals surface area contributed by atoms with Crippen molar-refractivity contribution in [1.29, 1.82) is 0 Å². The van der Waals surface area contributed by atoms with Crippen LogP contribution < -0.4 is 0 Å². The largest absolute Gasteiger partial charge is 0.273 e. The molecule has 59 valence electrons. The van der Waals surface area contributed by atoms with Gasteiger partial charge in [0.2, 0.25) is 0 Å². The van der Waals surface area contributed by atoms with Crippen molar-refractivity contribution in [2.75, 3.05) is 0 Å². The second-order valence-corrected chi connectivity index (χ2v) is 2.46. The normalized spacial score (nSPS) is 10.0. The van der Waals surface area contributed by atoms with Crippen LogP contribution in [0.5, 0.6) is 5.88 Å². The van der Waals surface area contributed by atoms with Crippen LogP contribution in [0.3, 0.4) is 0 Å². The Kier molecular flexibility index (Phi) is 2.47. The predicted molar refractivity (Wildman–Crippen MR) is 43.1 cm³/mol. The van der Waals surface area contributed by atoms with Gasteiger partial charge in [-0.3, -0.25) is 5.11 Å². The summed E-state index contributed by atoms with van der Waals surface area (Å²) in [5, 5.41) is 11.1. The molecule has 0 N–H and O–H groups in total. The molecule has 0 spiro atoms. The number of pyridine rings is 1. The fourth-order valence-corrected chi connectivity index (χ4v) is 1.22. The molecule has 1 aromatic rings. The van der Waals surface area contributed by atoms with Crippen LogP contribution in [-0.2, 0) is 17.9 Å². The van der Waals surface area contributed by atoms with Crippen LogP contribution >= 0.6 is 0 Å². The zero-order chi connectivity index (χ0) is 8.27. The zero-order valence-electron chi connectivity index (χ0n) is 6.92. The lowest BCUT2D eigenvalue weighted by molar-refractivity contribution is 0.332. The average Bonchev–Trinajstić information content (AvgIpc) is 2.04. The summed E-state index contributed by atoms with van der Waals surface area (Å²) in [6.45, 7) is 4.03. The monoisotopic (exact) mass is 150 g/mol. The molecule has 0 atom stereocenters. The van der Waals surface area contributed by atoms with E-state index in [9.17, 15) is 5.11 Å². The second kappa shape index (κ2) is 3.37. The first kappa shape index (κ1) is 8.05. The van der Waals surface area contributed by atoms with E-state index in [1.54, 1.807) is 6.20 Å². The van der Waals surface area contributed by atoms with Gasteiger partial charge in [0, 0.05) is 11.8 Å². The quantitative estimate of drug-likeness (QED) is 0.637. The van der Waals surface area contributed by atoms with Gasteiger partial charge in [-0.1, -0.05) is 13.8 Å². The summed E-state index contributed by atoms with van der Waals surface area (Å²) in [6, 6.07) is 1.92. The third-order valence-corrected chi connectivity index (χ3v) is 1.85. The van der Waals surface area contributed by atoms with Gasteiger partial charge in [-0.15, -0.1) is 0 Å². The highest BCUT2D eigenvalue weighted by atomic mass is 16.3. The molecule has 2 nitrogen and oxygen atoms in total. The molecule has 1 radical (unpaired) electrons. The molecule has 0 aliphatic heterocycles. The van der Waals surface area contributed by atoms with Crippen molar-refractivity contribution in [2.45, 2.75) is 26.7 Å². The van der Waals surface area contributed by atoms with Crippen LogP contribution in [0.4, 0.5) is 0 Å². The average molecular weight is 150 g/mol. The molecule has 0 aliphatic rings. The van der Waals surface area contributed by atoms with Crippen LogP contribution in [-0.4, -0.2) is 4.98 Å². The minimum absolute atomic E-state index is 0.0631. The Morgan fingerprint density at radius 1 is 1.36 bits per heavy atom. The molecule has 0 saturated heterocycles. The summed E-state index contributed by atoms with van der Waals surface area (Å²) in [6.07, 6.45) is 3.29. The van der Waals surface area contributed by atoms with E-state index in [4.69, 9.17) is 0 Å². The van der Waals surface area contributed by atoms with Crippen LogP contribution in [0.15, 0.2) is 12.3 Å². The first-order chi connectivity index (χ1) is 5.29. The number of aromatic nitrogens is 1. The summed E-state index contributed by atoms with van der Waals surface area (Å²) >= 11 is 0. The SMILES string of the molecule is CCc1ccnc([O])c1CC. The maximum atomic E-state index is 11.1. The standard InChI is InChI=1S/C9H12NO/c1-3-7-5-6-10-9(11)8(7)4-2/h5-6H,3-4H2,1-2H3. The summed E-state index contributed by atoms with van der Waals surface area (Å²) in [5.41, 5.74) is 2.00. The molecule has 0 bridgehead atoms. The Labute approximate surface area is 66.9 Å². The molecule has 0 unspecified atom stereocenters. The zero-order valence-corrected chi connectivity index (χ0v) is 6.92. The molecule has 11 heavy (non-hydrogen) atoms. The number of hydrogen-bond donors (Lipinski definition) is 0. The molecular formula is C9H12NO. The van der Waals surface area contributed by atoms with Crippen molar-refractivity contribution < 1.29 is 5.11 Å². The third-order valence-electron chi connectivity index (χ3n) is 1.85. The van der Waals surface area contributed by atoms with Crippen molar-refractivity contribution in [3.05, 3.63) is 23.4 Å². The Bertz CT molecular complexity index is 245. The van der Waals surface area contributed by atoms with E-state index in [0.717, 1.165) is 24.0 Å². The number of aryl methyl sites for hydroxylation is 1. The lowest BCUT2D eigenvalue weighted by atomic mass is 10.1. The van der Waals surface area contributed by atoms with Crippen molar-refractivity contribution in [1.82, 2.24) is 4.98 Å². The maximum Gasteiger partial charge on any atom is 0.273 e. The molecule has 0 aromatic carbocycles. The Balaban J connectivity index is 3.13. The fourth-order valence-electron chi connectivity index (χ4n) is 1.22. The summed E-state index contributed by atoms with van der Waals surface area (Å²) in [5.74, 6) is -0.0631. The first-order valence-corrected chi connectivity index (χ1v) is 3.93. The Morgan fingerprint density at radius 3 is 2.55 bits per heavy atom. The molecule has 0 fully saturated rings. The first-order valence-electron chi connectivity index (χ1n) is 3.93. The minimum atomic E-state index is -0.0631. The van der Waals surface area contributed by atoms with Gasteiger partial charge >= 0.3 is 0 Å². The van der Waals surface area contributed by atoms with Crippen molar-refractivity contribution in [3.63, 3.8) is 0 Å². The van der Waals surface area contributed by atoms with Gasteiger partial charge in [-0.05, 0) is 24.5 Å². The lowest BCUT2D eigenvalue weighted by Crippen LogP contribution is -1.92. The van der Waals surface area contributed by atoms with Crippen LogP contribution in [0.2, 0.25) is 0 Å². The van der Waals surface area contributed by atoms with Gasteiger partial charge in [0.25, 0.3) is 5.88 Å². The molecule has 1 heterocycles. The van der Waals surface area contributed by atoms with Gasteiger partial charge in [0.05, 0.1) is 0 Å². The highest BCUT2D eigenvalue weighted by Crippen LogP contribution is 2.19. The fraction of sp³-hybridized carbons (Fsp3) is 0.444. The van der Waals surface area contributed by atoms with E-state index >= 15 is 0 Å². The van der Waals surface area contributed by atoms with Gasteiger partial charge in [-0.25, -0.2) is 4.98 Å². The molecular weight excluding hydrogens is 138 g/mol. The van der Waals surface area contributed by atoms with E-state index in [0.29, 0.717) is 0 Å². The molecule has 1 aromatic heterocycles. The predicted octanol–water partition coefficient (Wildman–Crippen LogP) is 2.35. The number of nitrogens with zero attached hydrogens (tertiary/aromatic N) is 1. The summed E-state index contributed by atoms with van der Waals surface area (Å²) < 4.78 is 0. The van der Waals surface area contributed by atoms with Crippen molar-refractivity contribution >= 4 is 0 Å². The summed E-state index contributed by atoms with van der Waals surface area (Å²) in [4.78, 5) is 3.70. The highest BCUT2D eigenvalue weighted by molar-refractivity contribution is 5.33. The second-order valence-electron chi connectivity index (χ2n) is 2.46. The van der Waals surface area contributed by atoms with Gasteiger partial charge in [0.1, 0.15) is 0 Å². The summed E-state index contributed by atoms with van der Waals surface area (Å²) in [7, 11) is 0. The van der Waals surface area contributed by atoms with E-state index in [2.05, 4.69) is 4.98 Å². The molecule has 0 aliphatic carbocycles. The lowest BCUT2D eigenvalue weighted by Gasteiger charge is -2.03. The van der Waals surface area contributed by atoms with Crippen LogP contribution in [0, 0.1) is 0 Å². The number of hydrogen-bond acceptors (Lipinski definition) is 1. The van der Waals surface area contributed by atoms with Gasteiger partial charge < -0.3 is 0 Å².